The van der Waals surface area contributed by atoms with Gasteiger partial charge < -0.3 is 20.1 Å². The van der Waals surface area contributed by atoms with E-state index < -0.39 is 0 Å². The van der Waals surface area contributed by atoms with Crippen molar-refractivity contribution >= 4 is 17.6 Å². The molecular formula is C18H29ClN4O2. The summed E-state index contributed by atoms with van der Waals surface area (Å²) in [5.74, 6) is 0.843. The van der Waals surface area contributed by atoms with Crippen molar-refractivity contribution in [2.75, 3.05) is 39.5 Å². The molecule has 0 spiro atoms. The first kappa shape index (κ1) is 19.9. The van der Waals surface area contributed by atoms with Crippen LogP contribution in [0.25, 0.3) is 0 Å². The Balaban J connectivity index is 1.62. The Morgan fingerprint density at radius 1 is 1.36 bits per heavy atom. The van der Waals surface area contributed by atoms with Crippen LogP contribution < -0.4 is 10.6 Å². The van der Waals surface area contributed by atoms with E-state index in [0.717, 1.165) is 76.7 Å². The minimum absolute atomic E-state index is 0.358. The van der Waals surface area contributed by atoms with E-state index in [1.165, 1.54) is 0 Å². The van der Waals surface area contributed by atoms with Gasteiger partial charge in [0.1, 0.15) is 5.15 Å². The Bertz CT molecular complexity index is 504. The molecule has 0 amide bonds. The molecule has 1 fully saturated rings. The first-order valence-electron chi connectivity index (χ1n) is 9.10. The number of rotatable bonds is 9. The molecule has 0 aliphatic carbocycles. The lowest BCUT2D eigenvalue weighted by Gasteiger charge is -2.22. The van der Waals surface area contributed by atoms with Crippen molar-refractivity contribution in [1.29, 1.82) is 0 Å². The predicted molar refractivity (Wildman–Crippen MR) is 101 cm³/mol. The number of aromatic nitrogens is 1. The second-order valence-electron chi connectivity index (χ2n) is 5.96. The molecule has 2 heterocycles. The molecule has 6 nitrogen and oxygen atoms in total. The lowest BCUT2D eigenvalue weighted by Crippen LogP contribution is -2.38. The molecule has 2 rings (SSSR count). The Morgan fingerprint density at radius 2 is 2.20 bits per heavy atom. The largest absolute Gasteiger partial charge is 0.381 e. The first-order valence-corrected chi connectivity index (χ1v) is 9.47. The summed E-state index contributed by atoms with van der Waals surface area (Å²) in [7, 11) is 0. The monoisotopic (exact) mass is 368 g/mol. The average molecular weight is 369 g/mol. The lowest BCUT2D eigenvalue weighted by molar-refractivity contribution is -0.0318. The van der Waals surface area contributed by atoms with E-state index in [0.29, 0.717) is 11.3 Å². The number of pyridine rings is 1. The van der Waals surface area contributed by atoms with E-state index >= 15 is 0 Å². The van der Waals surface area contributed by atoms with Gasteiger partial charge in [0.2, 0.25) is 0 Å². The molecule has 1 saturated heterocycles. The van der Waals surface area contributed by atoms with Gasteiger partial charge in [0, 0.05) is 45.7 Å². The van der Waals surface area contributed by atoms with Crippen LogP contribution in [0.2, 0.25) is 5.15 Å². The standard InChI is InChI=1S/C18H29ClN4O2/c1-2-20-18(22-10-6-15-4-5-17(19)23-14-15)21-9-3-11-25-16-7-12-24-13-8-16/h4-5,14,16H,2-3,6-13H2,1H3,(H2,20,21,22). The molecule has 0 bridgehead atoms. The number of guanidine groups is 1. The fourth-order valence-electron chi connectivity index (χ4n) is 2.57. The number of nitrogens with one attached hydrogen (secondary N) is 2. The van der Waals surface area contributed by atoms with Gasteiger partial charge in [-0.05, 0) is 44.2 Å². The number of aliphatic imine (C=N–C) groups is 1. The molecule has 7 heteroatoms. The Morgan fingerprint density at radius 3 is 2.92 bits per heavy atom. The molecule has 0 saturated carbocycles. The van der Waals surface area contributed by atoms with Gasteiger partial charge in [-0.1, -0.05) is 17.7 Å². The van der Waals surface area contributed by atoms with Crippen LogP contribution in [-0.2, 0) is 15.9 Å². The second-order valence-corrected chi connectivity index (χ2v) is 6.35. The summed E-state index contributed by atoms with van der Waals surface area (Å²) in [6.45, 7) is 6.85. The van der Waals surface area contributed by atoms with Crippen LogP contribution in [0.15, 0.2) is 23.3 Å². The maximum atomic E-state index is 5.87. The molecule has 1 aromatic heterocycles. The number of halogens is 1. The smallest absolute Gasteiger partial charge is 0.191 e. The van der Waals surface area contributed by atoms with Gasteiger partial charge in [-0.2, -0.15) is 0 Å². The van der Waals surface area contributed by atoms with Crippen molar-refractivity contribution in [3.63, 3.8) is 0 Å². The van der Waals surface area contributed by atoms with E-state index in [1.54, 1.807) is 0 Å². The Hall–Kier alpha value is -1.37. The molecule has 2 N–H and O–H groups in total. The van der Waals surface area contributed by atoms with Gasteiger partial charge in [-0.25, -0.2) is 4.98 Å². The molecule has 1 aromatic rings. The molecule has 140 valence electrons. The van der Waals surface area contributed by atoms with Gasteiger partial charge in [-0.3, -0.25) is 4.99 Å². The van der Waals surface area contributed by atoms with Crippen LogP contribution in [0.5, 0.6) is 0 Å². The zero-order chi connectivity index (χ0) is 17.7. The summed E-state index contributed by atoms with van der Waals surface area (Å²) < 4.78 is 11.2. The van der Waals surface area contributed by atoms with Crippen molar-refractivity contribution < 1.29 is 9.47 Å². The van der Waals surface area contributed by atoms with Gasteiger partial charge in [-0.15, -0.1) is 0 Å². The third-order valence-corrected chi connectivity index (χ3v) is 4.16. The van der Waals surface area contributed by atoms with Crippen molar-refractivity contribution in [1.82, 2.24) is 15.6 Å². The van der Waals surface area contributed by atoms with Gasteiger partial charge >= 0.3 is 0 Å². The minimum Gasteiger partial charge on any atom is -0.381 e. The van der Waals surface area contributed by atoms with Crippen molar-refractivity contribution in [2.45, 2.75) is 38.7 Å². The van der Waals surface area contributed by atoms with E-state index in [2.05, 4.69) is 27.5 Å². The van der Waals surface area contributed by atoms with Crippen molar-refractivity contribution in [3.8, 4) is 0 Å². The van der Waals surface area contributed by atoms with E-state index in [1.807, 2.05) is 18.3 Å². The highest BCUT2D eigenvalue weighted by Gasteiger charge is 2.13. The Labute approximate surface area is 155 Å². The van der Waals surface area contributed by atoms with Crippen LogP contribution in [0, 0.1) is 0 Å². The highest BCUT2D eigenvalue weighted by atomic mass is 35.5. The van der Waals surface area contributed by atoms with Gasteiger partial charge in [0.15, 0.2) is 5.96 Å². The normalized spacial score (nSPS) is 16.0. The maximum Gasteiger partial charge on any atom is 0.191 e. The summed E-state index contributed by atoms with van der Waals surface area (Å²) in [6.07, 6.45) is 5.98. The molecular weight excluding hydrogens is 340 g/mol. The SMILES string of the molecule is CCNC(=NCCCOC1CCOCC1)NCCc1ccc(Cl)nc1. The van der Waals surface area contributed by atoms with E-state index in [9.17, 15) is 0 Å². The molecule has 25 heavy (non-hydrogen) atoms. The molecule has 1 aliphatic rings. The van der Waals surface area contributed by atoms with Crippen LogP contribution >= 0.6 is 11.6 Å². The topological polar surface area (TPSA) is 67.8 Å². The second kappa shape index (κ2) is 12.1. The molecule has 0 unspecified atom stereocenters. The zero-order valence-corrected chi connectivity index (χ0v) is 15.7. The van der Waals surface area contributed by atoms with Crippen molar-refractivity contribution in [3.05, 3.63) is 29.0 Å². The third kappa shape index (κ3) is 8.52. The summed E-state index contributed by atoms with van der Waals surface area (Å²) in [5.41, 5.74) is 1.15. The van der Waals surface area contributed by atoms with Crippen LogP contribution in [0.4, 0.5) is 0 Å². The summed E-state index contributed by atoms with van der Waals surface area (Å²) in [6, 6.07) is 3.81. The summed E-state index contributed by atoms with van der Waals surface area (Å²) in [5, 5.41) is 7.13. The summed E-state index contributed by atoms with van der Waals surface area (Å²) in [4.78, 5) is 8.69. The first-order chi connectivity index (χ1) is 12.3. The summed E-state index contributed by atoms with van der Waals surface area (Å²) >= 11 is 5.80. The fourth-order valence-corrected chi connectivity index (χ4v) is 2.68. The van der Waals surface area contributed by atoms with Crippen molar-refractivity contribution in [2.24, 2.45) is 4.99 Å². The van der Waals surface area contributed by atoms with Crippen LogP contribution in [0.3, 0.4) is 0 Å². The average Bonchev–Trinajstić information content (AvgIpc) is 2.64. The zero-order valence-electron chi connectivity index (χ0n) is 15.0. The fraction of sp³-hybridized carbons (Fsp3) is 0.667. The highest BCUT2D eigenvalue weighted by Crippen LogP contribution is 2.10. The quantitative estimate of drug-likeness (QED) is 0.303. The predicted octanol–water partition coefficient (Wildman–Crippen LogP) is 2.42. The molecule has 0 atom stereocenters. The number of ether oxygens (including phenoxy) is 2. The molecule has 0 radical (unpaired) electrons. The minimum atomic E-state index is 0.358. The number of nitrogens with zero attached hydrogens (tertiary/aromatic N) is 2. The molecule has 1 aliphatic heterocycles. The van der Waals surface area contributed by atoms with Gasteiger partial charge in [0.05, 0.1) is 6.10 Å². The highest BCUT2D eigenvalue weighted by molar-refractivity contribution is 6.29. The Kier molecular flexibility index (Phi) is 9.62. The van der Waals surface area contributed by atoms with E-state index in [-0.39, 0.29) is 0 Å². The van der Waals surface area contributed by atoms with Crippen LogP contribution in [0.1, 0.15) is 31.7 Å². The number of hydrogen-bond acceptors (Lipinski definition) is 4. The lowest BCUT2D eigenvalue weighted by atomic mass is 10.1. The van der Waals surface area contributed by atoms with Gasteiger partial charge in [0.25, 0.3) is 0 Å². The molecule has 0 aromatic carbocycles. The number of hydrogen-bond donors (Lipinski definition) is 2. The maximum absolute atomic E-state index is 5.87. The third-order valence-electron chi connectivity index (χ3n) is 3.93. The van der Waals surface area contributed by atoms with E-state index in [4.69, 9.17) is 21.1 Å². The van der Waals surface area contributed by atoms with Crippen LogP contribution in [-0.4, -0.2) is 56.5 Å².